The number of anilines is 1. The van der Waals surface area contributed by atoms with Gasteiger partial charge in [0.15, 0.2) is 0 Å². The molecule has 2 heterocycles. The summed E-state index contributed by atoms with van der Waals surface area (Å²) in [6.45, 7) is 4.29. The van der Waals surface area contributed by atoms with Crippen molar-refractivity contribution in [2.75, 3.05) is 24.5 Å². The van der Waals surface area contributed by atoms with Crippen LogP contribution in [0.1, 0.15) is 11.1 Å². The van der Waals surface area contributed by atoms with Crippen molar-refractivity contribution >= 4 is 57.3 Å². The predicted octanol–water partition coefficient (Wildman–Crippen LogP) is 3.15. The van der Waals surface area contributed by atoms with Crippen LogP contribution in [-0.4, -0.2) is 46.6 Å². The zero-order valence-electron chi connectivity index (χ0n) is 17.2. The Balaban J connectivity index is 1.53. The van der Waals surface area contributed by atoms with E-state index in [9.17, 15) is 14.4 Å². The summed E-state index contributed by atoms with van der Waals surface area (Å²) in [5.41, 5.74) is 2.66. The van der Waals surface area contributed by atoms with E-state index in [0.717, 1.165) is 17.3 Å². The first kappa shape index (κ1) is 22.0. The maximum absolute atomic E-state index is 13.3. The van der Waals surface area contributed by atoms with Crippen molar-refractivity contribution in [2.24, 2.45) is 0 Å². The quantitative estimate of drug-likeness (QED) is 0.388. The third kappa shape index (κ3) is 4.24. The number of benzene rings is 2. The molecule has 4 rings (SSSR count). The largest absolute Gasteiger partial charge is 0.354 e. The van der Waals surface area contributed by atoms with Gasteiger partial charge in [0.05, 0.1) is 16.2 Å². The number of carbonyl (C=O) groups is 3. The highest BCUT2D eigenvalue weighted by molar-refractivity contribution is 8.26. The molecular weight excluding hydrogens is 442 g/mol. The van der Waals surface area contributed by atoms with Crippen LogP contribution in [0, 0.1) is 0 Å². The van der Waals surface area contributed by atoms with Gasteiger partial charge in [0.25, 0.3) is 11.8 Å². The van der Waals surface area contributed by atoms with Crippen LogP contribution in [0.3, 0.4) is 0 Å². The standard InChI is InChI=1S/C24H21N3O3S2/c1-2-14-26-23(30)21(32-24(26)31)20-17-10-6-7-11-18(17)27(22(20)29)15-19(28)25-13-12-16-8-4-3-5-9-16/h2-11H,1,12-15H2,(H,25,28)/b21-20-. The molecule has 1 saturated heterocycles. The lowest BCUT2D eigenvalue weighted by atomic mass is 10.1. The average molecular weight is 464 g/mol. The molecule has 8 heteroatoms. The van der Waals surface area contributed by atoms with Crippen LogP contribution in [0.4, 0.5) is 5.69 Å². The number of rotatable bonds is 7. The van der Waals surface area contributed by atoms with Crippen molar-refractivity contribution in [1.29, 1.82) is 0 Å². The molecule has 1 fully saturated rings. The average Bonchev–Trinajstić information content (AvgIpc) is 3.22. The van der Waals surface area contributed by atoms with Gasteiger partial charge in [0.2, 0.25) is 5.91 Å². The Morgan fingerprint density at radius 2 is 1.75 bits per heavy atom. The van der Waals surface area contributed by atoms with E-state index in [2.05, 4.69) is 11.9 Å². The Hall–Kier alpha value is -3.23. The number of para-hydroxylation sites is 1. The Morgan fingerprint density at radius 3 is 2.50 bits per heavy atom. The number of nitrogens with one attached hydrogen (secondary N) is 1. The van der Waals surface area contributed by atoms with Gasteiger partial charge in [-0.15, -0.1) is 6.58 Å². The van der Waals surface area contributed by atoms with Gasteiger partial charge in [-0.2, -0.15) is 0 Å². The molecule has 3 amide bonds. The molecule has 162 valence electrons. The fraction of sp³-hybridized carbons (Fsp3) is 0.167. The van der Waals surface area contributed by atoms with Crippen molar-refractivity contribution in [3.8, 4) is 0 Å². The van der Waals surface area contributed by atoms with Crippen LogP contribution < -0.4 is 10.2 Å². The third-order valence-corrected chi connectivity index (χ3v) is 6.64. The highest BCUT2D eigenvalue weighted by Gasteiger charge is 2.42. The minimum Gasteiger partial charge on any atom is -0.354 e. The Kier molecular flexibility index (Phi) is 6.53. The molecule has 2 aromatic carbocycles. The summed E-state index contributed by atoms with van der Waals surface area (Å²) in [6.07, 6.45) is 2.29. The normalized spacial score (nSPS) is 17.7. The summed E-state index contributed by atoms with van der Waals surface area (Å²) in [5, 5.41) is 2.87. The number of hydrogen-bond donors (Lipinski definition) is 1. The van der Waals surface area contributed by atoms with Gasteiger partial charge >= 0.3 is 0 Å². The van der Waals surface area contributed by atoms with Gasteiger partial charge in [-0.05, 0) is 18.1 Å². The molecule has 2 aliphatic rings. The summed E-state index contributed by atoms with van der Waals surface area (Å²) in [7, 11) is 0. The molecule has 2 aromatic rings. The number of fused-ring (bicyclic) bond motifs is 1. The second-order valence-corrected chi connectivity index (χ2v) is 8.91. The van der Waals surface area contributed by atoms with E-state index < -0.39 is 0 Å². The van der Waals surface area contributed by atoms with Crippen molar-refractivity contribution in [1.82, 2.24) is 10.2 Å². The number of nitrogens with zero attached hydrogens (tertiary/aromatic N) is 2. The molecule has 2 aliphatic heterocycles. The van der Waals surface area contributed by atoms with Crippen molar-refractivity contribution in [2.45, 2.75) is 6.42 Å². The van der Waals surface area contributed by atoms with E-state index in [4.69, 9.17) is 12.2 Å². The van der Waals surface area contributed by atoms with Crippen LogP contribution in [0.2, 0.25) is 0 Å². The summed E-state index contributed by atoms with van der Waals surface area (Å²) in [5.74, 6) is -0.944. The lowest BCUT2D eigenvalue weighted by Gasteiger charge is -2.16. The van der Waals surface area contributed by atoms with Crippen LogP contribution in [0.15, 0.2) is 72.2 Å². The van der Waals surface area contributed by atoms with Gasteiger partial charge in [-0.3, -0.25) is 24.2 Å². The molecule has 0 spiro atoms. The monoisotopic (exact) mass is 463 g/mol. The predicted molar refractivity (Wildman–Crippen MR) is 131 cm³/mol. The summed E-state index contributed by atoms with van der Waals surface area (Å²) in [6, 6.07) is 17.0. The molecule has 0 aliphatic carbocycles. The molecule has 6 nitrogen and oxygen atoms in total. The molecule has 0 saturated carbocycles. The molecule has 0 bridgehead atoms. The van der Waals surface area contributed by atoms with Gasteiger partial charge in [-0.25, -0.2) is 0 Å². The number of hydrogen-bond acceptors (Lipinski definition) is 5. The number of carbonyl (C=O) groups excluding carboxylic acids is 3. The zero-order valence-corrected chi connectivity index (χ0v) is 18.9. The number of thioether (sulfide) groups is 1. The van der Waals surface area contributed by atoms with E-state index in [1.165, 1.54) is 9.80 Å². The lowest BCUT2D eigenvalue weighted by Crippen LogP contribution is -2.39. The maximum Gasteiger partial charge on any atom is 0.267 e. The van der Waals surface area contributed by atoms with Gasteiger partial charge in [0.1, 0.15) is 10.9 Å². The van der Waals surface area contributed by atoms with E-state index in [-0.39, 0.29) is 30.8 Å². The number of amides is 3. The van der Waals surface area contributed by atoms with Crippen LogP contribution in [0.25, 0.3) is 5.57 Å². The van der Waals surface area contributed by atoms with Crippen molar-refractivity contribution in [3.05, 3.63) is 83.3 Å². The Labute approximate surface area is 196 Å². The third-order valence-electron chi connectivity index (χ3n) is 5.19. The SMILES string of the molecule is C=CCN1C(=O)/C(=C2/C(=O)N(CC(=O)NCCc3ccccc3)c3ccccc32)SC1=S. The minimum atomic E-state index is -0.372. The first-order chi connectivity index (χ1) is 15.5. The summed E-state index contributed by atoms with van der Waals surface area (Å²) in [4.78, 5) is 42.0. The van der Waals surface area contributed by atoms with Crippen LogP contribution >= 0.6 is 24.0 Å². The molecule has 0 atom stereocenters. The zero-order chi connectivity index (χ0) is 22.7. The first-order valence-electron chi connectivity index (χ1n) is 10.1. The van der Waals surface area contributed by atoms with Crippen LogP contribution in [-0.2, 0) is 20.8 Å². The second kappa shape index (κ2) is 9.50. The maximum atomic E-state index is 13.3. The Morgan fingerprint density at radius 1 is 1.03 bits per heavy atom. The molecule has 0 radical (unpaired) electrons. The summed E-state index contributed by atoms with van der Waals surface area (Å²) < 4.78 is 0.389. The first-order valence-corrected chi connectivity index (χ1v) is 11.3. The molecular formula is C24H21N3O3S2. The van der Waals surface area contributed by atoms with Crippen LogP contribution in [0.5, 0.6) is 0 Å². The molecule has 1 N–H and O–H groups in total. The fourth-order valence-corrected chi connectivity index (χ4v) is 5.03. The summed E-state index contributed by atoms with van der Waals surface area (Å²) >= 11 is 6.43. The van der Waals surface area contributed by atoms with Gasteiger partial charge in [-0.1, -0.05) is 78.6 Å². The van der Waals surface area contributed by atoms with E-state index in [1.807, 2.05) is 30.3 Å². The van der Waals surface area contributed by atoms with Crippen molar-refractivity contribution < 1.29 is 14.4 Å². The molecule has 0 aromatic heterocycles. The Bertz CT molecular complexity index is 1140. The van der Waals surface area contributed by atoms with Gasteiger partial charge < -0.3 is 5.32 Å². The fourth-order valence-electron chi connectivity index (χ4n) is 3.68. The minimum absolute atomic E-state index is 0.124. The second-order valence-electron chi connectivity index (χ2n) is 7.27. The topological polar surface area (TPSA) is 69.7 Å². The van der Waals surface area contributed by atoms with E-state index in [0.29, 0.717) is 39.0 Å². The van der Waals surface area contributed by atoms with E-state index in [1.54, 1.807) is 30.3 Å². The van der Waals surface area contributed by atoms with Gasteiger partial charge in [0, 0.05) is 18.7 Å². The highest BCUT2D eigenvalue weighted by Crippen LogP contribution is 2.44. The smallest absolute Gasteiger partial charge is 0.267 e. The molecule has 0 unspecified atom stereocenters. The lowest BCUT2D eigenvalue weighted by molar-refractivity contribution is -0.122. The number of thiocarbonyl (C=S) groups is 1. The highest BCUT2D eigenvalue weighted by atomic mass is 32.2. The van der Waals surface area contributed by atoms with E-state index >= 15 is 0 Å². The van der Waals surface area contributed by atoms with Crippen molar-refractivity contribution in [3.63, 3.8) is 0 Å². The molecule has 32 heavy (non-hydrogen) atoms.